The summed E-state index contributed by atoms with van der Waals surface area (Å²) in [7, 11) is 0. The third kappa shape index (κ3) is 3.45. The van der Waals surface area contributed by atoms with E-state index in [1.54, 1.807) is 0 Å². The van der Waals surface area contributed by atoms with Crippen LogP contribution in [0.15, 0.2) is 0 Å². The van der Waals surface area contributed by atoms with Crippen LogP contribution in [0.2, 0.25) is 0 Å². The molecule has 0 aliphatic carbocycles. The first kappa shape index (κ1) is 22.1. The molecule has 120 valence electrons. The molecule has 0 aromatic heterocycles. The molecule has 0 N–H and O–H groups in total. The first-order valence-corrected chi connectivity index (χ1v) is 4.95. The fourth-order valence-electron chi connectivity index (χ4n) is 1.56. The number of hydrogen-bond acceptors (Lipinski definition) is 0. The zero-order valence-corrected chi connectivity index (χ0v) is 13.5. The van der Waals surface area contributed by atoms with E-state index in [4.69, 9.17) is 0 Å². The van der Waals surface area contributed by atoms with E-state index in [0.29, 0.717) is 0 Å². The van der Waals surface area contributed by atoms with E-state index in [9.17, 15) is 39.5 Å². The van der Waals surface area contributed by atoms with Crippen LogP contribution in [-0.2, 0) is 0 Å². The van der Waals surface area contributed by atoms with E-state index in [1.807, 2.05) is 0 Å². The van der Waals surface area contributed by atoms with Gasteiger partial charge in [0.1, 0.15) is 0 Å². The molecule has 0 saturated carbocycles. The van der Waals surface area contributed by atoms with Crippen LogP contribution in [0, 0.1) is 58.4 Å². The van der Waals surface area contributed by atoms with Crippen molar-refractivity contribution < 1.29 is 56.5 Å². The maximum Gasteiger partial charge on any atom is 2.00 e. The van der Waals surface area contributed by atoms with Crippen molar-refractivity contribution in [2.45, 2.75) is 0 Å². The summed E-state index contributed by atoms with van der Waals surface area (Å²) in [4.78, 5) is 0. The van der Waals surface area contributed by atoms with Crippen LogP contribution in [-0.4, -0.2) is 23.1 Å². The molecular weight excluding hydrogens is 419 g/mol. The summed E-state index contributed by atoms with van der Waals surface area (Å²) in [5.74, 6) is -21.9. The normalized spacial score (nSPS) is 10.1. The summed E-state index contributed by atoms with van der Waals surface area (Å²) in [5.41, 5.74) is -4.02. The smallest absolute Gasteiger partial charge is 1.00 e. The molecule has 2 aromatic carbocycles. The third-order valence-electron chi connectivity index (χ3n) is 2.50. The van der Waals surface area contributed by atoms with Gasteiger partial charge in [-0.05, 0) is 5.56 Å². The molecule has 0 aliphatic heterocycles. The van der Waals surface area contributed by atoms with Crippen molar-refractivity contribution in [3.8, 4) is 11.1 Å². The molecule has 11 heteroatoms. The van der Waals surface area contributed by atoms with Crippen molar-refractivity contribution >= 4 is 23.1 Å². The van der Waals surface area contributed by atoms with E-state index in [0.717, 1.165) is 6.07 Å². The molecular formula is C12BrF9Mg. The Morgan fingerprint density at radius 1 is 0.435 bits per heavy atom. The molecule has 0 spiro atoms. The Hall–Kier alpha value is -0.944. The second kappa shape index (κ2) is 7.75. The minimum atomic E-state index is -2.58. The van der Waals surface area contributed by atoms with E-state index < -0.39 is 63.5 Å². The van der Waals surface area contributed by atoms with Crippen LogP contribution in [0.5, 0.6) is 0 Å². The Morgan fingerprint density at radius 2 is 0.783 bits per heavy atom. The zero-order valence-electron chi connectivity index (χ0n) is 10.5. The Bertz CT molecular complexity index is 734. The van der Waals surface area contributed by atoms with Gasteiger partial charge < -0.3 is 17.0 Å². The average Bonchev–Trinajstić information content (AvgIpc) is 2.44. The van der Waals surface area contributed by atoms with E-state index >= 15 is 0 Å². The Balaban J connectivity index is 0.00000242. The molecule has 2 aromatic rings. The number of rotatable bonds is 1. The van der Waals surface area contributed by atoms with Gasteiger partial charge in [-0.3, -0.25) is 4.39 Å². The molecule has 0 nitrogen and oxygen atoms in total. The van der Waals surface area contributed by atoms with Gasteiger partial charge in [-0.2, -0.15) is 0 Å². The van der Waals surface area contributed by atoms with E-state index in [-0.39, 0.29) is 40.0 Å². The van der Waals surface area contributed by atoms with Crippen LogP contribution in [0.25, 0.3) is 11.1 Å². The molecule has 0 saturated heterocycles. The molecule has 0 heterocycles. The molecule has 0 atom stereocenters. The summed E-state index contributed by atoms with van der Waals surface area (Å²) < 4.78 is 118. The van der Waals surface area contributed by atoms with Crippen molar-refractivity contribution in [1.29, 1.82) is 0 Å². The summed E-state index contributed by atoms with van der Waals surface area (Å²) in [6, 6.07) is 0.934. The molecule has 0 bridgehead atoms. The van der Waals surface area contributed by atoms with Crippen LogP contribution in [0.3, 0.4) is 0 Å². The third-order valence-corrected chi connectivity index (χ3v) is 2.50. The van der Waals surface area contributed by atoms with Crippen LogP contribution in [0.1, 0.15) is 0 Å². The minimum Gasteiger partial charge on any atom is -1.00 e. The van der Waals surface area contributed by atoms with E-state index in [1.165, 1.54) is 0 Å². The molecule has 0 fully saturated rings. The second-order valence-electron chi connectivity index (χ2n) is 3.70. The Labute approximate surface area is 149 Å². The monoisotopic (exact) mass is 418 g/mol. The van der Waals surface area contributed by atoms with Crippen molar-refractivity contribution in [3.63, 3.8) is 0 Å². The fraction of sp³-hybridized carbons (Fsp3) is 0. The van der Waals surface area contributed by atoms with Crippen LogP contribution < -0.4 is 17.0 Å². The molecule has 0 aliphatic rings. The number of benzene rings is 2. The minimum absolute atomic E-state index is 0. The molecule has 0 amide bonds. The van der Waals surface area contributed by atoms with Gasteiger partial charge >= 0.3 is 23.1 Å². The van der Waals surface area contributed by atoms with Gasteiger partial charge in [-0.15, -0.1) is 6.07 Å². The van der Waals surface area contributed by atoms with Gasteiger partial charge in [0.25, 0.3) is 0 Å². The first-order valence-electron chi connectivity index (χ1n) is 4.95. The summed E-state index contributed by atoms with van der Waals surface area (Å²) in [5, 5.41) is 0. The van der Waals surface area contributed by atoms with Gasteiger partial charge in [-0.25, -0.2) is 35.1 Å². The maximum absolute atomic E-state index is 13.4. The Kier molecular flexibility index (Phi) is 7.43. The van der Waals surface area contributed by atoms with Gasteiger partial charge in [-0.1, -0.05) is 0 Å². The average molecular weight is 419 g/mol. The number of hydrogen-bond donors (Lipinski definition) is 0. The van der Waals surface area contributed by atoms with Crippen molar-refractivity contribution in [2.75, 3.05) is 0 Å². The molecule has 2 rings (SSSR count). The molecule has 23 heavy (non-hydrogen) atoms. The Morgan fingerprint density at radius 3 is 1.22 bits per heavy atom. The van der Waals surface area contributed by atoms with Crippen molar-refractivity contribution in [2.24, 2.45) is 0 Å². The van der Waals surface area contributed by atoms with E-state index in [2.05, 4.69) is 0 Å². The second-order valence-corrected chi connectivity index (χ2v) is 3.70. The summed E-state index contributed by atoms with van der Waals surface area (Å²) in [6.45, 7) is 0. The standard InChI is InChI=1S/C12F9.BrH.Mg/c13-2-1-3(14)6(15)7(16)4(2)5-8(17)10(19)12(21)11(20)9(5)18;;/h;1H;/q-1;;+2/p-1. The largest absolute Gasteiger partial charge is 2.00 e. The van der Waals surface area contributed by atoms with Gasteiger partial charge in [0.2, 0.25) is 0 Å². The zero-order chi connectivity index (χ0) is 16.1. The predicted molar refractivity (Wildman–Crippen MR) is 56.1 cm³/mol. The first-order chi connectivity index (χ1) is 9.68. The fourth-order valence-corrected chi connectivity index (χ4v) is 1.56. The van der Waals surface area contributed by atoms with Crippen molar-refractivity contribution in [3.05, 3.63) is 58.4 Å². The van der Waals surface area contributed by atoms with Gasteiger partial charge in [0.05, 0.1) is 17.5 Å². The summed E-state index contributed by atoms with van der Waals surface area (Å²) in [6.07, 6.45) is 0. The van der Waals surface area contributed by atoms with Crippen LogP contribution in [0.4, 0.5) is 39.5 Å². The summed E-state index contributed by atoms with van der Waals surface area (Å²) >= 11 is 0. The quantitative estimate of drug-likeness (QED) is 0.213. The molecule has 0 unspecified atom stereocenters. The molecule has 0 radical (unpaired) electrons. The SMILES string of the molecule is Fc1[c-]c(F)c(-c2c(F)c(F)c(F)c(F)c2F)c(F)c1F.[Br-].[Mg+2]. The van der Waals surface area contributed by atoms with Gasteiger partial charge in [0, 0.05) is 11.4 Å². The number of halogens is 10. The van der Waals surface area contributed by atoms with Crippen LogP contribution >= 0.6 is 0 Å². The predicted octanol–water partition coefficient (Wildman–Crippen LogP) is 1.03. The van der Waals surface area contributed by atoms with Gasteiger partial charge in [0.15, 0.2) is 29.1 Å². The van der Waals surface area contributed by atoms with Crippen molar-refractivity contribution in [1.82, 2.24) is 0 Å². The topological polar surface area (TPSA) is 0 Å². The maximum atomic E-state index is 13.4.